The van der Waals surface area contributed by atoms with Crippen molar-refractivity contribution in [1.82, 2.24) is 14.7 Å². The third-order valence-electron chi connectivity index (χ3n) is 3.40. The van der Waals surface area contributed by atoms with E-state index in [0.29, 0.717) is 30.5 Å². The Hall–Kier alpha value is -2.72. The molecule has 10 heteroatoms. The van der Waals surface area contributed by atoms with Crippen LogP contribution >= 0.6 is 0 Å². The first-order valence-corrected chi connectivity index (χ1v) is 9.99. The molecule has 0 aliphatic heterocycles. The van der Waals surface area contributed by atoms with Crippen LogP contribution in [0.15, 0.2) is 35.2 Å². The SMILES string of the molecule is CCNc1nc(C)cc(NCCNS(=O)(=O)c2ccc(NC(C)=O)cc2)n1. The Labute approximate surface area is 159 Å². The van der Waals surface area contributed by atoms with Gasteiger partial charge in [0.2, 0.25) is 21.9 Å². The molecule has 0 atom stereocenters. The Balaban J connectivity index is 1.89. The van der Waals surface area contributed by atoms with E-state index in [2.05, 4.69) is 30.6 Å². The third-order valence-corrected chi connectivity index (χ3v) is 4.87. The topological polar surface area (TPSA) is 125 Å². The molecule has 4 N–H and O–H groups in total. The minimum atomic E-state index is -3.63. The van der Waals surface area contributed by atoms with Crippen molar-refractivity contribution in [2.45, 2.75) is 25.7 Å². The minimum Gasteiger partial charge on any atom is -0.369 e. The standard InChI is InChI=1S/C17H24N6O3S/c1-4-18-17-21-12(2)11-16(23-17)19-9-10-20-27(25,26)15-7-5-14(6-8-15)22-13(3)24/h5-8,11,20H,4,9-10H2,1-3H3,(H,22,24)(H2,18,19,21,23). The number of nitrogens with one attached hydrogen (secondary N) is 4. The summed E-state index contributed by atoms with van der Waals surface area (Å²) in [6, 6.07) is 7.76. The number of hydrogen-bond donors (Lipinski definition) is 4. The zero-order valence-corrected chi connectivity index (χ0v) is 16.4. The van der Waals surface area contributed by atoms with E-state index in [9.17, 15) is 13.2 Å². The van der Waals surface area contributed by atoms with Crippen LogP contribution in [-0.2, 0) is 14.8 Å². The van der Waals surface area contributed by atoms with Crippen LogP contribution in [0.5, 0.6) is 0 Å². The van der Waals surface area contributed by atoms with Gasteiger partial charge in [-0.1, -0.05) is 0 Å². The minimum absolute atomic E-state index is 0.129. The zero-order chi connectivity index (χ0) is 19.9. The number of carbonyl (C=O) groups excluding carboxylic acids is 1. The predicted octanol–water partition coefficient (Wildman–Crippen LogP) is 1.57. The maximum absolute atomic E-state index is 12.3. The maximum atomic E-state index is 12.3. The Morgan fingerprint density at radius 2 is 1.78 bits per heavy atom. The van der Waals surface area contributed by atoms with Crippen molar-refractivity contribution in [2.24, 2.45) is 0 Å². The van der Waals surface area contributed by atoms with Gasteiger partial charge < -0.3 is 16.0 Å². The number of anilines is 3. The van der Waals surface area contributed by atoms with Gasteiger partial charge in [0, 0.05) is 44.0 Å². The van der Waals surface area contributed by atoms with Crippen LogP contribution in [0.25, 0.3) is 0 Å². The van der Waals surface area contributed by atoms with Crippen molar-refractivity contribution in [3.05, 3.63) is 36.0 Å². The third kappa shape index (κ3) is 6.50. The molecular weight excluding hydrogens is 368 g/mol. The van der Waals surface area contributed by atoms with Crippen LogP contribution in [0, 0.1) is 6.92 Å². The Morgan fingerprint density at radius 1 is 1.07 bits per heavy atom. The summed E-state index contributed by atoms with van der Waals surface area (Å²) in [5.41, 5.74) is 1.35. The monoisotopic (exact) mass is 392 g/mol. The van der Waals surface area contributed by atoms with Gasteiger partial charge >= 0.3 is 0 Å². The Bertz CT molecular complexity index is 884. The number of rotatable bonds is 9. The molecule has 0 bridgehead atoms. The fraction of sp³-hybridized carbons (Fsp3) is 0.353. The molecule has 0 fully saturated rings. The lowest BCUT2D eigenvalue weighted by Crippen LogP contribution is -2.29. The number of aromatic nitrogens is 2. The number of amides is 1. The molecule has 0 radical (unpaired) electrons. The summed E-state index contributed by atoms with van der Waals surface area (Å²) in [4.78, 5) is 19.7. The molecule has 1 amide bonds. The molecule has 27 heavy (non-hydrogen) atoms. The van der Waals surface area contributed by atoms with E-state index in [0.717, 1.165) is 5.69 Å². The molecule has 9 nitrogen and oxygen atoms in total. The Kier molecular flexibility index (Phi) is 7.08. The lowest BCUT2D eigenvalue weighted by Gasteiger charge is -2.10. The van der Waals surface area contributed by atoms with E-state index < -0.39 is 10.0 Å². The largest absolute Gasteiger partial charge is 0.369 e. The summed E-state index contributed by atoms with van der Waals surface area (Å²) < 4.78 is 27.1. The smallest absolute Gasteiger partial charge is 0.240 e. The van der Waals surface area contributed by atoms with E-state index in [1.165, 1.54) is 19.1 Å². The van der Waals surface area contributed by atoms with Crippen molar-refractivity contribution in [2.75, 3.05) is 35.6 Å². The number of sulfonamides is 1. The Morgan fingerprint density at radius 3 is 2.41 bits per heavy atom. The highest BCUT2D eigenvalue weighted by atomic mass is 32.2. The van der Waals surface area contributed by atoms with E-state index in [1.807, 2.05) is 13.8 Å². The maximum Gasteiger partial charge on any atom is 0.240 e. The first-order chi connectivity index (χ1) is 12.8. The van der Waals surface area contributed by atoms with E-state index in [4.69, 9.17) is 0 Å². The average molecular weight is 392 g/mol. The van der Waals surface area contributed by atoms with Crippen LogP contribution in [0.4, 0.5) is 17.5 Å². The molecule has 0 aliphatic carbocycles. The number of nitrogens with zero attached hydrogens (tertiary/aromatic N) is 2. The number of carbonyl (C=O) groups is 1. The average Bonchev–Trinajstić information content (AvgIpc) is 2.58. The molecule has 1 aromatic carbocycles. The van der Waals surface area contributed by atoms with Gasteiger partial charge in [0.05, 0.1) is 4.90 Å². The van der Waals surface area contributed by atoms with Gasteiger partial charge in [-0.3, -0.25) is 4.79 Å². The van der Waals surface area contributed by atoms with Gasteiger partial charge in [0.25, 0.3) is 0 Å². The van der Waals surface area contributed by atoms with Crippen LogP contribution in [0.3, 0.4) is 0 Å². The lowest BCUT2D eigenvalue weighted by molar-refractivity contribution is -0.114. The molecule has 0 spiro atoms. The molecule has 0 saturated carbocycles. The van der Waals surface area contributed by atoms with E-state index in [1.54, 1.807) is 18.2 Å². The molecule has 2 aromatic rings. The fourth-order valence-corrected chi connectivity index (χ4v) is 3.31. The zero-order valence-electron chi connectivity index (χ0n) is 15.5. The van der Waals surface area contributed by atoms with E-state index >= 15 is 0 Å². The predicted molar refractivity (Wildman–Crippen MR) is 105 cm³/mol. The molecular formula is C17H24N6O3S. The van der Waals surface area contributed by atoms with Crippen molar-refractivity contribution in [3.8, 4) is 0 Å². The second kappa shape index (κ2) is 9.28. The van der Waals surface area contributed by atoms with Gasteiger partial charge in [0.1, 0.15) is 5.82 Å². The highest BCUT2D eigenvalue weighted by molar-refractivity contribution is 7.89. The summed E-state index contributed by atoms with van der Waals surface area (Å²) in [5, 5.41) is 8.71. The molecule has 1 heterocycles. The molecule has 1 aromatic heterocycles. The van der Waals surface area contributed by atoms with Crippen LogP contribution in [0.2, 0.25) is 0 Å². The second-order valence-corrected chi connectivity index (χ2v) is 7.55. The van der Waals surface area contributed by atoms with Crippen molar-refractivity contribution < 1.29 is 13.2 Å². The number of benzene rings is 1. The highest BCUT2D eigenvalue weighted by Crippen LogP contribution is 2.14. The molecule has 0 unspecified atom stereocenters. The molecule has 0 saturated heterocycles. The van der Waals surface area contributed by atoms with Crippen molar-refractivity contribution in [3.63, 3.8) is 0 Å². The quantitative estimate of drug-likeness (QED) is 0.477. The van der Waals surface area contributed by atoms with Crippen molar-refractivity contribution in [1.29, 1.82) is 0 Å². The van der Waals surface area contributed by atoms with Crippen LogP contribution in [-0.4, -0.2) is 43.9 Å². The summed E-state index contributed by atoms with van der Waals surface area (Å²) >= 11 is 0. The van der Waals surface area contributed by atoms with Crippen molar-refractivity contribution >= 4 is 33.4 Å². The van der Waals surface area contributed by atoms with Gasteiger partial charge in [-0.05, 0) is 38.1 Å². The highest BCUT2D eigenvalue weighted by Gasteiger charge is 2.13. The van der Waals surface area contributed by atoms with E-state index in [-0.39, 0.29) is 17.3 Å². The fourth-order valence-electron chi connectivity index (χ4n) is 2.28. The van der Waals surface area contributed by atoms with Crippen LogP contribution in [0.1, 0.15) is 19.5 Å². The number of aryl methyl sites for hydroxylation is 1. The lowest BCUT2D eigenvalue weighted by atomic mass is 10.3. The normalized spacial score (nSPS) is 11.1. The first-order valence-electron chi connectivity index (χ1n) is 8.51. The summed E-state index contributed by atoms with van der Waals surface area (Å²) in [6.07, 6.45) is 0. The summed E-state index contributed by atoms with van der Waals surface area (Å²) in [6.45, 7) is 6.47. The van der Waals surface area contributed by atoms with Gasteiger partial charge in [-0.15, -0.1) is 0 Å². The van der Waals surface area contributed by atoms with Gasteiger partial charge in [-0.2, -0.15) is 4.98 Å². The summed E-state index contributed by atoms with van der Waals surface area (Å²) in [7, 11) is -3.63. The number of hydrogen-bond acceptors (Lipinski definition) is 7. The molecule has 2 rings (SSSR count). The molecule has 0 aliphatic rings. The van der Waals surface area contributed by atoms with Crippen LogP contribution < -0.4 is 20.7 Å². The summed E-state index contributed by atoms with van der Waals surface area (Å²) in [5.74, 6) is 0.934. The molecule has 146 valence electrons. The second-order valence-electron chi connectivity index (χ2n) is 5.78. The van der Waals surface area contributed by atoms with Gasteiger partial charge in [-0.25, -0.2) is 18.1 Å². The first kappa shape index (κ1) is 20.6. The van der Waals surface area contributed by atoms with Gasteiger partial charge in [0.15, 0.2) is 0 Å².